The van der Waals surface area contributed by atoms with Gasteiger partial charge in [0, 0.05) is 6.07 Å². The van der Waals surface area contributed by atoms with Gasteiger partial charge in [-0.2, -0.15) is 0 Å². The smallest absolute Gasteiger partial charge is 0.338 e. The van der Waals surface area contributed by atoms with Crippen molar-refractivity contribution in [2.45, 2.75) is 174 Å². The summed E-state index contributed by atoms with van der Waals surface area (Å²) in [5.41, 5.74) is 0.486. The third kappa shape index (κ3) is 22.5. The molecule has 0 bridgehead atoms. The Balaban J connectivity index is 2.15. The first-order valence-corrected chi connectivity index (χ1v) is 17.7. The van der Waals surface area contributed by atoms with Gasteiger partial charge in [-0.15, -0.1) is 0 Å². The highest BCUT2D eigenvalue weighted by atomic mass is 16.5. The van der Waals surface area contributed by atoms with Crippen LogP contribution in [0.1, 0.15) is 185 Å². The summed E-state index contributed by atoms with van der Waals surface area (Å²) in [5.74, 6) is 1.03. The summed E-state index contributed by atoms with van der Waals surface area (Å²) in [6.45, 7) is 5.89. The number of hydrogen-bond acceptors (Lipinski definition) is 4. The van der Waals surface area contributed by atoms with E-state index in [9.17, 15) is 4.79 Å². The van der Waals surface area contributed by atoms with Crippen LogP contribution in [-0.2, 0) is 4.74 Å². The zero-order valence-corrected chi connectivity index (χ0v) is 27.5. The standard InChI is InChI=1S/C37H66O4/c1-4-6-8-10-12-14-16-18-20-22-24-26-28-30-41-36-32-34(37(38)39-3)31-35(33-36)40-29-27-25-23-21-19-17-15-13-11-9-7-5-2/h31-33H,4-30H2,1-3H3. The van der Waals surface area contributed by atoms with E-state index in [0.29, 0.717) is 30.3 Å². The summed E-state index contributed by atoms with van der Waals surface area (Å²) in [6, 6.07) is 5.45. The lowest BCUT2D eigenvalue weighted by atomic mass is 10.0. The molecule has 0 atom stereocenters. The number of carbonyl (C=O) groups excluding carboxylic acids is 1. The Morgan fingerprint density at radius 3 is 1.05 bits per heavy atom. The van der Waals surface area contributed by atoms with E-state index in [1.165, 1.54) is 155 Å². The molecule has 0 unspecified atom stereocenters. The Labute approximate surface area is 254 Å². The Hall–Kier alpha value is -1.71. The molecule has 41 heavy (non-hydrogen) atoms. The zero-order chi connectivity index (χ0) is 29.6. The highest BCUT2D eigenvalue weighted by molar-refractivity contribution is 5.90. The molecule has 1 aromatic rings. The number of rotatable bonds is 30. The second-order valence-electron chi connectivity index (χ2n) is 12.0. The molecule has 0 aliphatic carbocycles. The van der Waals surface area contributed by atoms with E-state index in [4.69, 9.17) is 14.2 Å². The van der Waals surface area contributed by atoms with Crippen LogP contribution in [0, 0.1) is 0 Å². The molecule has 0 aliphatic heterocycles. The molecule has 0 saturated heterocycles. The minimum absolute atomic E-state index is 0.355. The SMILES string of the molecule is CCCCCCCCCCCCCCCOc1cc(OCCCCCCCCCCCCCC)cc(C(=O)OC)c1. The van der Waals surface area contributed by atoms with Gasteiger partial charge in [0.25, 0.3) is 0 Å². The largest absolute Gasteiger partial charge is 0.493 e. The average molecular weight is 575 g/mol. The summed E-state index contributed by atoms with van der Waals surface area (Å²) >= 11 is 0. The van der Waals surface area contributed by atoms with Crippen molar-refractivity contribution in [2.24, 2.45) is 0 Å². The van der Waals surface area contributed by atoms with E-state index in [2.05, 4.69) is 13.8 Å². The van der Waals surface area contributed by atoms with Crippen molar-refractivity contribution < 1.29 is 19.0 Å². The summed E-state index contributed by atoms with van der Waals surface area (Å²) in [4.78, 5) is 12.2. The lowest BCUT2D eigenvalue weighted by Gasteiger charge is -2.12. The average Bonchev–Trinajstić information content (AvgIpc) is 2.99. The van der Waals surface area contributed by atoms with E-state index in [-0.39, 0.29) is 5.97 Å². The van der Waals surface area contributed by atoms with Crippen molar-refractivity contribution in [1.82, 2.24) is 0 Å². The first-order chi connectivity index (χ1) is 20.2. The van der Waals surface area contributed by atoms with Gasteiger partial charge in [-0.25, -0.2) is 4.79 Å². The molecule has 0 heterocycles. The monoisotopic (exact) mass is 574 g/mol. The maximum atomic E-state index is 12.2. The third-order valence-electron chi connectivity index (χ3n) is 8.08. The lowest BCUT2D eigenvalue weighted by Crippen LogP contribution is -2.05. The van der Waals surface area contributed by atoms with Crippen LogP contribution in [0.3, 0.4) is 0 Å². The maximum Gasteiger partial charge on any atom is 0.338 e. The first-order valence-electron chi connectivity index (χ1n) is 17.7. The van der Waals surface area contributed by atoms with Gasteiger partial charge in [0.1, 0.15) is 11.5 Å². The summed E-state index contributed by atoms with van der Waals surface area (Å²) in [6.07, 6.45) is 33.3. The predicted octanol–water partition coefficient (Wildman–Crippen LogP) is 12.0. The highest BCUT2D eigenvalue weighted by Crippen LogP contribution is 2.25. The van der Waals surface area contributed by atoms with Gasteiger partial charge in [0.15, 0.2) is 0 Å². The zero-order valence-electron chi connectivity index (χ0n) is 27.5. The second-order valence-corrected chi connectivity index (χ2v) is 12.0. The molecule has 0 amide bonds. The number of methoxy groups -OCH3 is 1. The lowest BCUT2D eigenvalue weighted by molar-refractivity contribution is 0.0599. The van der Waals surface area contributed by atoms with Crippen molar-refractivity contribution in [1.29, 1.82) is 0 Å². The van der Waals surface area contributed by atoms with Crippen LogP contribution in [0.5, 0.6) is 11.5 Å². The van der Waals surface area contributed by atoms with Gasteiger partial charge >= 0.3 is 5.97 Å². The number of unbranched alkanes of at least 4 members (excludes halogenated alkanes) is 23. The summed E-state index contributed by atoms with van der Waals surface area (Å²) < 4.78 is 17.0. The molecule has 0 aliphatic rings. The van der Waals surface area contributed by atoms with Gasteiger partial charge in [0.2, 0.25) is 0 Å². The van der Waals surface area contributed by atoms with E-state index in [0.717, 1.165) is 12.8 Å². The number of hydrogen-bond donors (Lipinski definition) is 0. The van der Waals surface area contributed by atoms with Crippen LogP contribution in [0.15, 0.2) is 18.2 Å². The fraction of sp³-hybridized carbons (Fsp3) is 0.811. The van der Waals surface area contributed by atoms with Crippen LogP contribution in [0.2, 0.25) is 0 Å². The van der Waals surface area contributed by atoms with E-state index in [1.54, 1.807) is 12.1 Å². The fourth-order valence-electron chi connectivity index (χ4n) is 5.42. The van der Waals surface area contributed by atoms with Crippen LogP contribution in [0.25, 0.3) is 0 Å². The number of benzene rings is 1. The molecule has 4 heteroatoms. The Bertz CT molecular complexity index is 717. The molecule has 0 N–H and O–H groups in total. The second kappa shape index (κ2) is 28.4. The molecule has 1 rings (SSSR count). The first kappa shape index (κ1) is 37.3. The van der Waals surface area contributed by atoms with Gasteiger partial charge in [-0.3, -0.25) is 0 Å². The van der Waals surface area contributed by atoms with E-state index >= 15 is 0 Å². The van der Waals surface area contributed by atoms with Gasteiger partial charge in [-0.1, -0.05) is 162 Å². The van der Waals surface area contributed by atoms with Crippen LogP contribution < -0.4 is 9.47 Å². The van der Waals surface area contributed by atoms with Gasteiger partial charge < -0.3 is 14.2 Å². The summed E-state index contributed by atoms with van der Waals surface area (Å²) in [5, 5.41) is 0. The Morgan fingerprint density at radius 1 is 0.463 bits per heavy atom. The highest BCUT2D eigenvalue weighted by Gasteiger charge is 2.11. The number of carbonyl (C=O) groups is 1. The van der Waals surface area contributed by atoms with Crippen LogP contribution >= 0.6 is 0 Å². The number of esters is 1. The topological polar surface area (TPSA) is 44.8 Å². The van der Waals surface area contributed by atoms with Crippen LogP contribution in [0.4, 0.5) is 0 Å². The molecule has 0 spiro atoms. The maximum absolute atomic E-state index is 12.2. The normalized spacial score (nSPS) is 11.1. The molecular weight excluding hydrogens is 508 g/mol. The quantitative estimate of drug-likeness (QED) is 0.0677. The molecule has 0 aromatic heterocycles. The Kier molecular flexibility index (Phi) is 25.9. The van der Waals surface area contributed by atoms with Crippen molar-refractivity contribution in [2.75, 3.05) is 20.3 Å². The van der Waals surface area contributed by atoms with Gasteiger partial charge in [-0.05, 0) is 25.0 Å². The minimum atomic E-state index is -0.355. The fourth-order valence-corrected chi connectivity index (χ4v) is 5.42. The van der Waals surface area contributed by atoms with Crippen LogP contribution in [-0.4, -0.2) is 26.3 Å². The van der Waals surface area contributed by atoms with Crippen molar-refractivity contribution in [3.63, 3.8) is 0 Å². The summed E-state index contributed by atoms with van der Waals surface area (Å²) in [7, 11) is 1.41. The van der Waals surface area contributed by atoms with E-state index in [1.807, 2.05) is 6.07 Å². The molecule has 0 saturated carbocycles. The van der Waals surface area contributed by atoms with Crippen molar-refractivity contribution in [3.05, 3.63) is 23.8 Å². The third-order valence-corrected chi connectivity index (χ3v) is 8.08. The minimum Gasteiger partial charge on any atom is -0.493 e. The molecular formula is C37H66O4. The molecule has 0 radical (unpaired) electrons. The Morgan fingerprint density at radius 2 is 0.756 bits per heavy atom. The van der Waals surface area contributed by atoms with E-state index < -0.39 is 0 Å². The molecule has 0 fully saturated rings. The van der Waals surface area contributed by atoms with Crippen molar-refractivity contribution >= 4 is 5.97 Å². The number of ether oxygens (including phenoxy) is 3. The molecule has 4 nitrogen and oxygen atoms in total. The van der Waals surface area contributed by atoms with Gasteiger partial charge in [0.05, 0.1) is 25.9 Å². The predicted molar refractivity (Wildman–Crippen MR) is 176 cm³/mol. The molecule has 238 valence electrons. The molecule has 1 aromatic carbocycles. The van der Waals surface area contributed by atoms with Crippen molar-refractivity contribution in [3.8, 4) is 11.5 Å².